The predicted octanol–water partition coefficient (Wildman–Crippen LogP) is 2.81. The van der Waals surface area contributed by atoms with Crippen molar-refractivity contribution in [3.05, 3.63) is 36.0 Å². The molecular weight excluding hydrogens is 450 g/mol. The Hall–Kier alpha value is -3.36. The summed E-state index contributed by atoms with van der Waals surface area (Å²) in [6.45, 7) is 4.92. The van der Waals surface area contributed by atoms with Gasteiger partial charge < -0.3 is 25.4 Å². The Morgan fingerprint density at radius 2 is 1.77 bits per heavy atom. The van der Waals surface area contributed by atoms with Crippen molar-refractivity contribution in [3.8, 4) is 0 Å². The van der Waals surface area contributed by atoms with E-state index in [2.05, 4.69) is 15.2 Å². The summed E-state index contributed by atoms with van der Waals surface area (Å²) in [5.74, 6) is -7.54. The number of fused-ring (bicyclic) bond motifs is 5. The Balaban J connectivity index is 1.94. The molecule has 0 fully saturated rings. The maximum absolute atomic E-state index is 13.3. The molecule has 2 amide bonds. The summed E-state index contributed by atoms with van der Waals surface area (Å²) in [5.41, 5.74) is 1.95. The smallest absolute Gasteiger partial charge is 0.318 e. The van der Waals surface area contributed by atoms with E-state index in [-0.39, 0.29) is 24.7 Å². The number of hydrogen-bond donors (Lipinski definition) is 4. The molecule has 0 saturated carbocycles. The Bertz CT molecular complexity index is 1060. The van der Waals surface area contributed by atoms with E-state index in [1.54, 1.807) is 13.8 Å². The second kappa shape index (κ2) is 11.9. The highest BCUT2D eigenvalue weighted by Gasteiger charge is 2.41. The number of carboxylic acids is 2. The maximum Gasteiger partial charge on any atom is 0.318 e. The van der Waals surface area contributed by atoms with E-state index in [9.17, 15) is 29.4 Å². The number of para-hydroxylation sites is 1. The minimum Gasteiger partial charge on any atom is -0.481 e. The van der Waals surface area contributed by atoms with Gasteiger partial charge in [-0.3, -0.25) is 19.2 Å². The number of benzene rings is 1. The normalized spacial score (nSPS) is 18.3. The van der Waals surface area contributed by atoms with Crippen LogP contribution in [0, 0.1) is 17.8 Å². The fraction of sp³-hybridized carbons (Fsp3) is 0.538. The van der Waals surface area contributed by atoms with Crippen LogP contribution in [0.3, 0.4) is 0 Å². The number of aryl methyl sites for hydroxylation is 1. The van der Waals surface area contributed by atoms with Gasteiger partial charge in [0.05, 0.1) is 5.92 Å². The van der Waals surface area contributed by atoms with Gasteiger partial charge in [0, 0.05) is 36.6 Å². The molecule has 1 aromatic carbocycles. The first kappa shape index (κ1) is 26.2. The van der Waals surface area contributed by atoms with Crippen LogP contribution < -0.4 is 10.6 Å². The van der Waals surface area contributed by atoms with Crippen molar-refractivity contribution in [2.24, 2.45) is 17.8 Å². The highest BCUT2D eigenvalue weighted by Crippen LogP contribution is 2.25. The lowest BCUT2D eigenvalue weighted by Gasteiger charge is -2.25. The van der Waals surface area contributed by atoms with Crippen molar-refractivity contribution in [2.75, 3.05) is 6.54 Å². The predicted molar refractivity (Wildman–Crippen MR) is 131 cm³/mol. The van der Waals surface area contributed by atoms with Gasteiger partial charge in [-0.1, -0.05) is 44.9 Å². The molecule has 190 valence electrons. The van der Waals surface area contributed by atoms with E-state index in [0.29, 0.717) is 6.54 Å². The monoisotopic (exact) mass is 485 g/mol. The van der Waals surface area contributed by atoms with Crippen LogP contribution in [0.5, 0.6) is 0 Å². The standard InChI is InChI=1S/C26H35N3O6/c1-16(2)13-19(22(25(32)33)26(34)35)23(30)28-20-14-17-15-29(21-10-6-5-9-18(17)21)12-8-4-3-7-11-27-24(20)31/h5-6,9-10,15-16,19-20,22H,3-4,7-8,11-14H2,1-2H3,(H,27,31)(H,28,30)(H,32,33)(H,34,35)/t19-,20+/m1/s1. The lowest BCUT2D eigenvalue weighted by Crippen LogP contribution is -2.52. The van der Waals surface area contributed by atoms with Crippen LogP contribution in [0.2, 0.25) is 0 Å². The van der Waals surface area contributed by atoms with Crippen LogP contribution in [0.15, 0.2) is 30.5 Å². The highest BCUT2D eigenvalue weighted by molar-refractivity contribution is 5.99. The van der Waals surface area contributed by atoms with Crippen LogP contribution in [0.25, 0.3) is 10.9 Å². The molecule has 0 unspecified atom stereocenters. The summed E-state index contributed by atoms with van der Waals surface area (Å²) in [6, 6.07) is 6.94. The Labute approximate surface area is 204 Å². The molecule has 1 aliphatic heterocycles. The van der Waals surface area contributed by atoms with E-state index in [1.165, 1.54) is 0 Å². The third kappa shape index (κ3) is 6.61. The van der Waals surface area contributed by atoms with Gasteiger partial charge in [-0.25, -0.2) is 0 Å². The topological polar surface area (TPSA) is 138 Å². The minimum atomic E-state index is -1.89. The first-order chi connectivity index (χ1) is 16.7. The van der Waals surface area contributed by atoms with Crippen molar-refractivity contribution in [1.29, 1.82) is 0 Å². The number of carbonyl (C=O) groups is 4. The third-order valence-electron chi connectivity index (χ3n) is 6.55. The second-order valence-corrected chi connectivity index (χ2v) is 9.73. The first-order valence-electron chi connectivity index (χ1n) is 12.3. The molecule has 0 saturated heterocycles. The maximum atomic E-state index is 13.3. The highest BCUT2D eigenvalue weighted by atomic mass is 16.4. The van der Waals surface area contributed by atoms with Crippen molar-refractivity contribution in [1.82, 2.24) is 15.2 Å². The molecule has 4 N–H and O–H groups in total. The fourth-order valence-corrected chi connectivity index (χ4v) is 4.83. The van der Waals surface area contributed by atoms with Crippen molar-refractivity contribution in [2.45, 2.75) is 65.0 Å². The molecule has 1 aromatic heterocycles. The van der Waals surface area contributed by atoms with Gasteiger partial charge in [-0.05, 0) is 36.8 Å². The van der Waals surface area contributed by atoms with E-state index in [4.69, 9.17) is 0 Å². The number of rotatable bonds is 7. The molecule has 35 heavy (non-hydrogen) atoms. The van der Waals surface area contributed by atoms with Gasteiger partial charge in [-0.15, -0.1) is 0 Å². The molecule has 3 rings (SSSR count). The Morgan fingerprint density at radius 3 is 2.46 bits per heavy atom. The second-order valence-electron chi connectivity index (χ2n) is 9.73. The van der Waals surface area contributed by atoms with Gasteiger partial charge in [0.2, 0.25) is 11.8 Å². The quantitative estimate of drug-likeness (QED) is 0.445. The van der Waals surface area contributed by atoms with Crippen molar-refractivity contribution < 1.29 is 29.4 Å². The third-order valence-corrected chi connectivity index (χ3v) is 6.55. The lowest BCUT2D eigenvalue weighted by atomic mass is 9.84. The fourth-order valence-electron chi connectivity index (χ4n) is 4.83. The number of aromatic nitrogens is 1. The first-order valence-corrected chi connectivity index (χ1v) is 12.3. The summed E-state index contributed by atoms with van der Waals surface area (Å²) in [7, 11) is 0. The lowest BCUT2D eigenvalue weighted by molar-refractivity contribution is -0.160. The van der Waals surface area contributed by atoms with E-state index in [0.717, 1.165) is 48.7 Å². The summed E-state index contributed by atoms with van der Waals surface area (Å²) < 4.78 is 2.17. The Kier molecular flexibility index (Phi) is 8.89. The molecule has 2 atom stereocenters. The van der Waals surface area contributed by atoms with Gasteiger partial charge >= 0.3 is 11.9 Å². The molecule has 9 nitrogen and oxygen atoms in total. The minimum absolute atomic E-state index is 0.0722. The van der Waals surface area contributed by atoms with Crippen molar-refractivity contribution >= 4 is 34.7 Å². The molecule has 9 heteroatoms. The molecule has 1 aliphatic rings. The SMILES string of the molecule is CC(C)C[C@@H](C(=O)N[C@H]1Cc2cn(c3ccccc23)CCCCCCNC1=O)C(C(=O)O)C(=O)O. The van der Waals surface area contributed by atoms with Crippen LogP contribution >= 0.6 is 0 Å². The summed E-state index contributed by atoms with van der Waals surface area (Å²) in [6.07, 6.45) is 6.15. The van der Waals surface area contributed by atoms with Gasteiger partial charge in [-0.2, -0.15) is 0 Å². The van der Waals surface area contributed by atoms with Gasteiger partial charge in [0.1, 0.15) is 6.04 Å². The number of carboxylic acid groups (broad SMARTS) is 2. The summed E-state index contributed by atoms with van der Waals surface area (Å²) >= 11 is 0. The van der Waals surface area contributed by atoms with Crippen molar-refractivity contribution in [3.63, 3.8) is 0 Å². The number of amides is 2. The molecule has 0 radical (unpaired) electrons. The van der Waals surface area contributed by atoms with E-state index in [1.807, 2.05) is 30.5 Å². The molecule has 2 aromatic rings. The number of carbonyl (C=O) groups excluding carboxylic acids is 2. The van der Waals surface area contributed by atoms with Crippen LogP contribution in [-0.2, 0) is 32.1 Å². The zero-order chi connectivity index (χ0) is 25.5. The van der Waals surface area contributed by atoms with Gasteiger partial charge in [0.25, 0.3) is 0 Å². The number of nitrogens with one attached hydrogen (secondary N) is 2. The van der Waals surface area contributed by atoms with Gasteiger partial charge in [0.15, 0.2) is 5.92 Å². The number of aliphatic carboxylic acids is 2. The Morgan fingerprint density at radius 1 is 1.09 bits per heavy atom. The molecule has 0 aliphatic carbocycles. The average molecular weight is 486 g/mol. The van der Waals surface area contributed by atoms with Crippen LogP contribution in [-0.4, -0.2) is 51.1 Å². The number of nitrogens with zero attached hydrogens (tertiary/aromatic N) is 1. The van der Waals surface area contributed by atoms with Crippen LogP contribution in [0.4, 0.5) is 0 Å². The van der Waals surface area contributed by atoms with E-state index >= 15 is 0 Å². The summed E-state index contributed by atoms with van der Waals surface area (Å²) in [4.78, 5) is 49.8. The molecular formula is C26H35N3O6. The van der Waals surface area contributed by atoms with E-state index < -0.39 is 35.7 Å². The zero-order valence-corrected chi connectivity index (χ0v) is 20.3. The average Bonchev–Trinajstić information content (AvgIpc) is 3.14. The molecule has 0 spiro atoms. The largest absolute Gasteiger partial charge is 0.481 e. The zero-order valence-electron chi connectivity index (χ0n) is 20.3. The van der Waals surface area contributed by atoms with Crippen LogP contribution in [0.1, 0.15) is 51.5 Å². The number of hydrogen-bond acceptors (Lipinski definition) is 4. The molecule has 2 heterocycles. The molecule has 2 bridgehead atoms. The summed E-state index contributed by atoms with van der Waals surface area (Å²) in [5, 5.41) is 25.6.